The van der Waals surface area contributed by atoms with Crippen molar-refractivity contribution in [1.82, 2.24) is 5.32 Å². The van der Waals surface area contributed by atoms with Crippen molar-refractivity contribution in [3.8, 4) is 0 Å². The zero-order valence-corrected chi connectivity index (χ0v) is 10.1. The van der Waals surface area contributed by atoms with Crippen LogP contribution in [0.4, 0.5) is 0 Å². The molecule has 0 radical (unpaired) electrons. The average molecular weight is 229 g/mol. The highest BCUT2D eigenvalue weighted by Crippen LogP contribution is 2.28. The second kappa shape index (κ2) is 5.67. The van der Waals surface area contributed by atoms with Crippen molar-refractivity contribution in [2.24, 2.45) is 5.92 Å². The molecule has 1 N–H and O–H groups in total. The second-order valence-electron chi connectivity index (χ2n) is 4.66. The predicted molar refractivity (Wildman–Crippen MR) is 69.9 cm³/mol. The minimum absolute atomic E-state index is 0.0477. The van der Waals surface area contributed by atoms with Gasteiger partial charge in [-0.25, -0.2) is 0 Å². The highest BCUT2D eigenvalue weighted by atomic mass is 16.1. The number of allylic oxidation sites excluding steroid dienone is 1. The first-order valence-corrected chi connectivity index (χ1v) is 6.28. The second-order valence-corrected chi connectivity index (χ2v) is 4.66. The number of hydrogen-bond donors (Lipinski definition) is 1. The molecular weight excluding hydrogens is 210 g/mol. The van der Waals surface area contributed by atoms with E-state index in [1.54, 1.807) is 0 Å². The van der Waals surface area contributed by atoms with Gasteiger partial charge in [-0.2, -0.15) is 0 Å². The van der Waals surface area contributed by atoms with E-state index in [0.29, 0.717) is 12.0 Å². The van der Waals surface area contributed by atoms with Gasteiger partial charge in [0, 0.05) is 11.6 Å². The standard InChI is InChI=1S/C15H19NO/c1-2-7-12-10-6-11-14(12)16-15(17)13-8-4-3-5-9-13/h2-5,8-9,12,14H,1,6-7,10-11H2,(H,16,17)/t12-,14+/m1/s1. The summed E-state index contributed by atoms with van der Waals surface area (Å²) in [7, 11) is 0. The molecule has 0 unspecified atom stereocenters. The van der Waals surface area contributed by atoms with E-state index in [9.17, 15) is 4.79 Å². The summed E-state index contributed by atoms with van der Waals surface area (Å²) in [6.45, 7) is 3.78. The third-order valence-electron chi connectivity index (χ3n) is 3.48. The maximum atomic E-state index is 12.0. The Bertz CT molecular complexity index is 385. The van der Waals surface area contributed by atoms with Gasteiger partial charge in [-0.3, -0.25) is 4.79 Å². The van der Waals surface area contributed by atoms with Crippen molar-refractivity contribution >= 4 is 5.91 Å². The zero-order chi connectivity index (χ0) is 12.1. The van der Waals surface area contributed by atoms with Gasteiger partial charge in [-0.15, -0.1) is 6.58 Å². The molecule has 2 atom stereocenters. The molecule has 2 heteroatoms. The summed E-state index contributed by atoms with van der Waals surface area (Å²) in [5, 5.41) is 3.14. The van der Waals surface area contributed by atoms with Crippen molar-refractivity contribution < 1.29 is 4.79 Å². The molecule has 1 fully saturated rings. The van der Waals surface area contributed by atoms with Crippen molar-refractivity contribution in [3.63, 3.8) is 0 Å². The van der Waals surface area contributed by atoms with Crippen molar-refractivity contribution in [3.05, 3.63) is 48.6 Å². The molecule has 1 aliphatic rings. The van der Waals surface area contributed by atoms with Crippen molar-refractivity contribution in [1.29, 1.82) is 0 Å². The molecule has 0 heterocycles. The molecule has 2 nitrogen and oxygen atoms in total. The van der Waals surface area contributed by atoms with E-state index in [4.69, 9.17) is 0 Å². The molecule has 0 aromatic heterocycles. The lowest BCUT2D eigenvalue weighted by molar-refractivity contribution is 0.0928. The van der Waals surface area contributed by atoms with E-state index >= 15 is 0 Å². The van der Waals surface area contributed by atoms with E-state index in [-0.39, 0.29) is 5.91 Å². The van der Waals surface area contributed by atoms with Gasteiger partial charge >= 0.3 is 0 Å². The molecule has 1 aromatic rings. The highest BCUT2D eigenvalue weighted by Gasteiger charge is 2.27. The Morgan fingerprint density at radius 3 is 2.82 bits per heavy atom. The number of hydrogen-bond acceptors (Lipinski definition) is 1. The van der Waals surface area contributed by atoms with Crippen LogP contribution in [0.15, 0.2) is 43.0 Å². The Kier molecular flexibility index (Phi) is 3.97. The van der Waals surface area contributed by atoms with Crippen LogP contribution in [0.3, 0.4) is 0 Å². The lowest BCUT2D eigenvalue weighted by Gasteiger charge is -2.19. The maximum absolute atomic E-state index is 12.0. The Hall–Kier alpha value is -1.57. The molecule has 0 saturated heterocycles. The number of carbonyl (C=O) groups excluding carboxylic acids is 1. The molecule has 0 bridgehead atoms. The Balaban J connectivity index is 1.96. The molecular formula is C15H19NO. The summed E-state index contributed by atoms with van der Waals surface area (Å²) in [5.74, 6) is 0.617. The largest absolute Gasteiger partial charge is 0.349 e. The van der Waals surface area contributed by atoms with E-state index in [2.05, 4.69) is 11.9 Å². The maximum Gasteiger partial charge on any atom is 0.251 e. The van der Waals surface area contributed by atoms with Crippen molar-refractivity contribution in [2.75, 3.05) is 0 Å². The van der Waals surface area contributed by atoms with Gasteiger partial charge in [0.15, 0.2) is 0 Å². The van der Waals surface area contributed by atoms with E-state index < -0.39 is 0 Å². The lowest BCUT2D eigenvalue weighted by Crippen LogP contribution is -2.37. The van der Waals surface area contributed by atoms with Crippen LogP contribution < -0.4 is 5.32 Å². The highest BCUT2D eigenvalue weighted by molar-refractivity contribution is 5.94. The summed E-state index contributed by atoms with van der Waals surface area (Å²) >= 11 is 0. The van der Waals surface area contributed by atoms with E-state index in [1.807, 2.05) is 36.4 Å². The molecule has 1 saturated carbocycles. The SMILES string of the molecule is C=CC[C@@H]1CCC[C@@H]1NC(=O)c1ccccc1. The minimum atomic E-state index is 0.0477. The zero-order valence-electron chi connectivity index (χ0n) is 10.1. The van der Waals surface area contributed by atoms with Crippen LogP contribution in [-0.2, 0) is 0 Å². The first-order valence-electron chi connectivity index (χ1n) is 6.28. The molecule has 17 heavy (non-hydrogen) atoms. The third-order valence-corrected chi connectivity index (χ3v) is 3.48. The van der Waals surface area contributed by atoms with Gasteiger partial charge in [-0.05, 0) is 37.3 Å². The molecule has 0 aliphatic heterocycles. The number of nitrogens with one attached hydrogen (secondary N) is 1. The van der Waals surface area contributed by atoms with Gasteiger partial charge < -0.3 is 5.32 Å². The molecule has 1 aliphatic carbocycles. The number of rotatable bonds is 4. The summed E-state index contributed by atoms with van der Waals surface area (Å²) in [6, 6.07) is 9.74. The molecule has 0 spiro atoms. The number of benzene rings is 1. The summed E-state index contributed by atoms with van der Waals surface area (Å²) < 4.78 is 0. The van der Waals surface area contributed by atoms with Crippen LogP contribution in [-0.4, -0.2) is 11.9 Å². The topological polar surface area (TPSA) is 29.1 Å². The summed E-state index contributed by atoms with van der Waals surface area (Å²) in [5.41, 5.74) is 0.747. The minimum Gasteiger partial charge on any atom is -0.349 e. The fourth-order valence-corrected chi connectivity index (χ4v) is 2.56. The van der Waals surface area contributed by atoms with Gasteiger partial charge in [0.1, 0.15) is 0 Å². The van der Waals surface area contributed by atoms with Crippen LogP contribution in [0, 0.1) is 5.92 Å². The average Bonchev–Trinajstić information content (AvgIpc) is 2.78. The lowest BCUT2D eigenvalue weighted by atomic mass is 9.99. The number of carbonyl (C=O) groups is 1. The Labute approximate surface area is 103 Å². The number of amides is 1. The van der Waals surface area contributed by atoms with Gasteiger partial charge in [-0.1, -0.05) is 30.7 Å². The normalized spacial score (nSPS) is 23.3. The molecule has 1 amide bonds. The first kappa shape index (κ1) is 11.9. The van der Waals surface area contributed by atoms with Crippen LogP contribution in [0.1, 0.15) is 36.0 Å². The molecule has 2 rings (SSSR count). The third kappa shape index (κ3) is 2.96. The molecule has 1 aromatic carbocycles. The van der Waals surface area contributed by atoms with Gasteiger partial charge in [0.2, 0.25) is 0 Å². The Morgan fingerprint density at radius 2 is 2.12 bits per heavy atom. The smallest absolute Gasteiger partial charge is 0.251 e. The van der Waals surface area contributed by atoms with E-state index in [0.717, 1.165) is 18.4 Å². The summed E-state index contributed by atoms with van der Waals surface area (Å²) in [6.07, 6.45) is 6.46. The first-order chi connectivity index (χ1) is 8.31. The van der Waals surface area contributed by atoms with Crippen LogP contribution in [0.25, 0.3) is 0 Å². The van der Waals surface area contributed by atoms with Gasteiger partial charge in [0.25, 0.3) is 5.91 Å². The summed E-state index contributed by atoms with van der Waals surface area (Å²) in [4.78, 5) is 12.0. The van der Waals surface area contributed by atoms with Crippen LogP contribution in [0.2, 0.25) is 0 Å². The van der Waals surface area contributed by atoms with E-state index in [1.165, 1.54) is 12.8 Å². The molecule has 90 valence electrons. The quantitative estimate of drug-likeness (QED) is 0.789. The fraction of sp³-hybridized carbons (Fsp3) is 0.400. The van der Waals surface area contributed by atoms with Crippen LogP contribution in [0.5, 0.6) is 0 Å². The predicted octanol–water partition coefficient (Wildman–Crippen LogP) is 3.16. The monoisotopic (exact) mass is 229 g/mol. The fourth-order valence-electron chi connectivity index (χ4n) is 2.56. The van der Waals surface area contributed by atoms with Crippen LogP contribution >= 0.6 is 0 Å². The van der Waals surface area contributed by atoms with Crippen molar-refractivity contribution in [2.45, 2.75) is 31.7 Å². The van der Waals surface area contributed by atoms with Gasteiger partial charge in [0.05, 0.1) is 0 Å². The Morgan fingerprint density at radius 1 is 1.35 bits per heavy atom.